The molecule has 6 unspecified atom stereocenters. The van der Waals surface area contributed by atoms with Gasteiger partial charge < -0.3 is 10.2 Å². The van der Waals surface area contributed by atoms with Gasteiger partial charge in [-0.2, -0.15) is 0 Å². The highest BCUT2D eigenvalue weighted by Crippen LogP contribution is 2.63. The van der Waals surface area contributed by atoms with E-state index >= 15 is 0 Å². The zero-order valence-corrected chi connectivity index (χ0v) is 14.4. The Kier molecular flexibility index (Phi) is 3.85. The van der Waals surface area contributed by atoms with E-state index < -0.39 is 0 Å². The largest absolute Gasteiger partial charge is 0.396 e. The summed E-state index contributed by atoms with van der Waals surface area (Å²) in [6.45, 7) is 10.9. The van der Waals surface area contributed by atoms with E-state index in [1.165, 1.54) is 12.8 Å². The molecule has 2 fully saturated rings. The van der Waals surface area contributed by atoms with Crippen molar-refractivity contribution in [3.05, 3.63) is 24.3 Å². The van der Waals surface area contributed by atoms with Crippen molar-refractivity contribution in [2.75, 3.05) is 6.61 Å². The van der Waals surface area contributed by atoms with Gasteiger partial charge in [0.2, 0.25) is 0 Å². The van der Waals surface area contributed by atoms with E-state index in [1.54, 1.807) is 5.57 Å². The van der Waals surface area contributed by atoms with Crippen LogP contribution in [0.2, 0.25) is 0 Å². The molecule has 0 bridgehead atoms. The van der Waals surface area contributed by atoms with Crippen LogP contribution < -0.4 is 0 Å². The summed E-state index contributed by atoms with van der Waals surface area (Å²) in [7, 11) is 0. The summed E-state index contributed by atoms with van der Waals surface area (Å²) in [5.74, 6) is 1.04. The number of hydrogen-bond donors (Lipinski definition) is 2. The van der Waals surface area contributed by atoms with Gasteiger partial charge in [-0.25, -0.2) is 0 Å². The minimum Gasteiger partial charge on any atom is -0.396 e. The molecule has 0 amide bonds. The lowest BCUT2D eigenvalue weighted by atomic mass is 9.44. The van der Waals surface area contributed by atoms with Crippen molar-refractivity contribution < 1.29 is 10.2 Å². The van der Waals surface area contributed by atoms with Crippen LogP contribution in [-0.2, 0) is 0 Å². The smallest absolute Gasteiger partial charge is 0.0618 e. The Bertz CT molecular complexity index is 496. The lowest BCUT2D eigenvalue weighted by Crippen LogP contribution is -2.58. The van der Waals surface area contributed by atoms with E-state index in [4.69, 9.17) is 0 Å². The normalized spacial score (nSPS) is 51.5. The van der Waals surface area contributed by atoms with Crippen LogP contribution in [0.5, 0.6) is 0 Å². The third kappa shape index (κ3) is 2.14. The van der Waals surface area contributed by atoms with Crippen molar-refractivity contribution in [1.82, 2.24) is 0 Å². The second-order valence-electron chi connectivity index (χ2n) is 8.84. The summed E-state index contributed by atoms with van der Waals surface area (Å²) in [5.41, 5.74) is 1.66. The van der Waals surface area contributed by atoms with Crippen LogP contribution in [0.15, 0.2) is 24.3 Å². The van der Waals surface area contributed by atoms with Crippen LogP contribution in [0, 0.1) is 28.1 Å². The summed E-state index contributed by atoms with van der Waals surface area (Å²) in [6.07, 6.45) is 10.8. The second-order valence-corrected chi connectivity index (χ2v) is 8.84. The summed E-state index contributed by atoms with van der Waals surface area (Å²) in [6, 6.07) is 0. The van der Waals surface area contributed by atoms with Crippen molar-refractivity contribution in [1.29, 1.82) is 0 Å². The molecule has 6 atom stereocenters. The fraction of sp³-hybridized carbons (Fsp3) is 0.800. The zero-order chi connectivity index (χ0) is 16.2. The molecule has 2 heteroatoms. The molecule has 2 saturated carbocycles. The van der Waals surface area contributed by atoms with Crippen LogP contribution in [0.4, 0.5) is 0 Å². The fourth-order valence-electron chi connectivity index (χ4n) is 5.94. The molecule has 3 aliphatic rings. The molecule has 0 aromatic carbocycles. The molecule has 0 spiro atoms. The van der Waals surface area contributed by atoms with Gasteiger partial charge in [0, 0.05) is 10.8 Å². The number of allylic oxidation sites excluding steroid dienone is 3. The van der Waals surface area contributed by atoms with Gasteiger partial charge in [-0.15, -0.1) is 6.58 Å². The molecule has 22 heavy (non-hydrogen) atoms. The molecule has 0 heterocycles. The highest BCUT2D eigenvalue weighted by molar-refractivity contribution is 5.27. The third-order valence-corrected chi connectivity index (χ3v) is 7.57. The number of hydrogen-bond acceptors (Lipinski definition) is 2. The van der Waals surface area contributed by atoms with Crippen LogP contribution in [-0.4, -0.2) is 22.9 Å². The van der Waals surface area contributed by atoms with Gasteiger partial charge in [-0.1, -0.05) is 38.5 Å². The Morgan fingerprint density at radius 3 is 2.59 bits per heavy atom. The summed E-state index contributed by atoms with van der Waals surface area (Å²) in [5, 5.41) is 20.5. The maximum atomic E-state index is 10.5. The van der Waals surface area contributed by atoms with Crippen LogP contribution in [0.25, 0.3) is 0 Å². The molecule has 2 nitrogen and oxygen atoms in total. The monoisotopic (exact) mass is 304 g/mol. The highest BCUT2D eigenvalue weighted by Gasteiger charge is 2.58. The van der Waals surface area contributed by atoms with E-state index in [0.717, 1.165) is 25.7 Å². The number of rotatable bonds is 2. The molecule has 0 aromatic rings. The minimum absolute atomic E-state index is 0.102. The number of aliphatic hydroxyl groups is 2. The van der Waals surface area contributed by atoms with Crippen molar-refractivity contribution in [2.45, 2.75) is 65.4 Å². The number of fused-ring (bicyclic) bond motifs is 3. The molecule has 0 radical (unpaired) electrons. The SMILES string of the molecule is C=CC1(C)C=C2CCC3C(C)(CO)C(O)CCC3(C)C2CC1. The van der Waals surface area contributed by atoms with Crippen LogP contribution in [0.3, 0.4) is 0 Å². The lowest BCUT2D eigenvalue weighted by molar-refractivity contribution is -0.153. The van der Waals surface area contributed by atoms with E-state index in [1.807, 2.05) is 0 Å². The summed E-state index contributed by atoms with van der Waals surface area (Å²) >= 11 is 0. The van der Waals surface area contributed by atoms with Gasteiger partial charge in [0.25, 0.3) is 0 Å². The van der Waals surface area contributed by atoms with Gasteiger partial charge in [0.1, 0.15) is 0 Å². The van der Waals surface area contributed by atoms with Crippen molar-refractivity contribution >= 4 is 0 Å². The number of aliphatic hydroxyl groups excluding tert-OH is 2. The second kappa shape index (κ2) is 5.21. The first-order valence-electron chi connectivity index (χ1n) is 8.93. The van der Waals surface area contributed by atoms with Gasteiger partial charge >= 0.3 is 0 Å². The lowest BCUT2D eigenvalue weighted by Gasteiger charge is -2.61. The molecular formula is C20H32O2. The first kappa shape index (κ1) is 16.3. The van der Waals surface area contributed by atoms with Gasteiger partial charge in [-0.05, 0) is 55.8 Å². The molecule has 2 N–H and O–H groups in total. The van der Waals surface area contributed by atoms with E-state index in [9.17, 15) is 10.2 Å². The molecule has 0 saturated heterocycles. The molecule has 3 aliphatic carbocycles. The molecule has 0 aliphatic heterocycles. The van der Waals surface area contributed by atoms with Crippen LogP contribution in [0.1, 0.15) is 59.3 Å². The Labute approximate surface area is 135 Å². The minimum atomic E-state index is -0.358. The standard InChI is InChI=1S/C20H32O2/c1-5-18(2)10-8-15-14(12-18)6-7-16-19(15,3)11-9-17(22)20(16,4)13-21/h5,12,15-17,21-22H,1,6-11,13H2,2-4H3. The predicted octanol–water partition coefficient (Wildman–Crippen LogP) is 4.08. The van der Waals surface area contributed by atoms with Gasteiger partial charge in [0.15, 0.2) is 0 Å². The Balaban J connectivity index is 1.98. The first-order chi connectivity index (χ1) is 10.3. The summed E-state index contributed by atoms with van der Waals surface area (Å²) in [4.78, 5) is 0. The van der Waals surface area contributed by atoms with Gasteiger partial charge in [-0.3, -0.25) is 0 Å². The predicted molar refractivity (Wildman–Crippen MR) is 90.4 cm³/mol. The first-order valence-corrected chi connectivity index (χ1v) is 8.93. The molecule has 3 rings (SSSR count). The maximum Gasteiger partial charge on any atom is 0.0618 e. The van der Waals surface area contributed by atoms with Crippen molar-refractivity contribution in [3.8, 4) is 0 Å². The topological polar surface area (TPSA) is 40.5 Å². The van der Waals surface area contributed by atoms with Crippen molar-refractivity contribution in [2.24, 2.45) is 28.1 Å². The zero-order valence-electron chi connectivity index (χ0n) is 14.4. The molecule has 124 valence electrons. The molecular weight excluding hydrogens is 272 g/mol. The average Bonchev–Trinajstić information content (AvgIpc) is 2.51. The van der Waals surface area contributed by atoms with Gasteiger partial charge in [0.05, 0.1) is 12.7 Å². The maximum absolute atomic E-state index is 10.5. The quantitative estimate of drug-likeness (QED) is 0.755. The summed E-state index contributed by atoms with van der Waals surface area (Å²) < 4.78 is 0. The van der Waals surface area contributed by atoms with E-state index in [2.05, 4.69) is 39.5 Å². The average molecular weight is 304 g/mol. The van der Waals surface area contributed by atoms with Crippen molar-refractivity contribution in [3.63, 3.8) is 0 Å². The Morgan fingerprint density at radius 1 is 1.23 bits per heavy atom. The highest BCUT2D eigenvalue weighted by atomic mass is 16.3. The fourth-order valence-corrected chi connectivity index (χ4v) is 5.94. The third-order valence-electron chi connectivity index (χ3n) is 7.57. The Hall–Kier alpha value is -0.600. The van der Waals surface area contributed by atoms with Crippen LogP contribution >= 0.6 is 0 Å². The van der Waals surface area contributed by atoms with E-state index in [0.29, 0.717) is 11.8 Å². The Morgan fingerprint density at radius 2 is 1.95 bits per heavy atom. The molecule has 0 aromatic heterocycles. The van der Waals surface area contributed by atoms with E-state index in [-0.39, 0.29) is 29.0 Å².